The first-order valence-electron chi connectivity index (χ1n) is 9.64. The summed E-state index contributed by atoms with van der Waals surface area (Å²) in [5.41, 5.74) is 5.71. The predicted molar refractivity (Wildman–Crippen MR) is 124 cm³/mol. The van der Waals surface area contributed by atoms with Gasteiger partial charge in [-0.1, -0.05) is 57.9 Å². The quantitative estimate of drug-likeness (QED) is 0.375. The molecule has 3 aromatic rings. The zero-order chi connectivity index (χ0) is 22.1. The summed E-state index contributed by atoms with van der Waals surface area (Å²) in [4.78, 5) is 24.0. The van der Waals surface area contributed by atoms with Crippen LogP contribution in [0.25, 0.3) is 0 Å². The summed E-state index contributed by atoms with van der Waals surface area (Å²) in [6.45, 7) is 2.18. The van der Waals surface area contributed by atoms with E-state index in [0.717, 1.165) is 21.2 Å². The van der Waals surface area contributed by atoms with Crippen molar-refractivity contribution in [3.8, 4) is 5.75 Å². The molecule has 31 heavy (non-hydrogen) atoms. The third-order valence-electron chi connectivity index (χ3n) is 4.25. The molecule has 0 spiro atoms. The van der Waals surface area contributed by atoms with Crippen molar-refractivity contribution in [2.75, 3.05) is 6.54 Å². The van der Waals surface area contributed by atoms with Gasteiger partial charge in [0.1, 0.15) is 12.4 Å². The summed E-state index contributed by atoms with van der Waals surface area (Å²) in [7, 11) is 0. The summed E-state index contributed by atoms with van der Waals surface area (Å²) in [5, 5.41) is 6.51. The van der Waals surface area contributed by atoms with Gasteiger partial charge in [0, 0.05) is 10.0 Å². The van der Waals surface area contributed by atoms with Crippen LogP contribution in [-0.4, -0.2) is 24.6 Å². The van der Waals surface area contributed by atoms with E-state index in [2.05, 4.69) is 31.8 Å². The van der Waals surface area contributed by atoms with Gasteiger partial charge < -0.3 is 10.1 Å². The van der Waals surface area contributed by atoms with Gasteiger partial charge in [-0.3, -0.25) is 9.59 Å². The summed E-state index contributed by atoms with van der Waals surface area (Å²) >= 11 is 3.44. The number of carbonyl (C=O) groups is 2. The molecule has 0 unspecified atom stereocenters. The minimum atomic E-state index is -0.417. The Balaban J connectivity index is 1.46. The molecule has 0 heterocycles. The van der Waals surface area contributed by atoms with Gasteiger partial charge in [-0.2, -0.15) is 5.10 Å². The number of hydrogen-bond acceptors (Lipinski definition) is 4. The van der Waals surface area contributed by atoms with Crippen molar-refractivity contribution in [3.63, 3.8) is 0 Å². The number of hydrazone groups is 1. The second kappa shape index (κ2) is 11.1. The van der Waals surface area contributed by atoms with E-state index in [1.165, 1.54) is 6.21 Å². The molecule has 2 N–H and O–H groups in total. The molecule has 3 rings (SSSR count). The molecule has 2 amide bonds. The van der Waals surface area contributed by atoms with Crippen LogP contribution in [0.3, 0.4) is 0 Å². The number of nitrogens with zero attached hydrogens (tertiary/aromatic N) is 1. The maximum atomic E-state index is 12.1. The highest BCUT2D eigenvalue weighted by Crippen LogP contribution is 2.16. The topological polar surface area (TPSA) is 79.8 Å². The van der Waals surface area contributed by atoms with Crippen molar-refractivity contribution in [1.29, 1.82) is 0 Å². The Morgan fingerprint density at radius 2 is 1.84 bits per heavy atom. The lowest BCUT2D eigenvalue weighted by Crippen LogP contribution is -2.34. The highest BCUT2D eigenvalue weighted by molar-refractivity contribution is 9.10. The molecule has 0 aliphatic heterocycles. The minimum Gasteiger partial charge on any atom is -0.489 e. The number of nitrogens with one attached hydrogen (secondary N) is 2. The highest BCUT2D eigenvalue weighted by Gasteiger charge is 2.07. The summed E-state index contributed by atoms with van der Waals surface area (Å²) in [6, 6.07) is 22.4. The van der Waals surface area contributed by atoms with E-state index in [1.54, 1.807) is 18.2 Å². The average molecular weight is 480 g/mol. The maximum absolute atomic E-state index is 12.1. The molecule has 0 aliphatic carbocycles. The normalized spacial score (nSPS) is 10.6. The summed E-state index contributed by atoms with van der Waals surface area (Å²) in [6.07, 6.45) is 1.52. The van der Waals surface area contributed by atoms with Gasteiger partial charge in [0.25, 0.3) is 11.8 Å². The molecule has 158 valence electrons. The molecule has 0 aliphatic rings. The molecule has 0 bridgehead atoms. The molecule has 7 heteroatoms. The number of carbonyl (C=O) groups excluding carboxylic acids is 2. The fourth-order valence-electron chi connectivity index (χ4n) is 2.75. The highest BCUT2D eigenvalue weighted by atomic mass is 79.9. The van der Waals surface area contributed by atoms with Crippen molar-refractivity contribution in [2.24, 2.45) is 5.10 Å². The van der Waals surface area contributed by atoms with E-state index in [0.29, 0.717) is 17.9 Å². The summed E-state index contributed by atoms with van der Waals surface area (Å²) < 4.78 is 6.81. The minimum absolute atomic E-state index is 0.167. The first-order valence-corrected chi connectivity index (χ1v) is 10.4. The Bertz CT molecular complexity index is 1100. The number of halogens is 1. The van der Waals surface area contributed by atoms with Crippen LogP contribution in [-0.2, 0) is 11.4 Å². The Hall–Kier alpha value is -3.45. The van der Waals surface area contributed by atoms with Crippen LogP contribution in [0.4, 0.5) is 0 Å². The third-order valence-corrected chi connectivity index (χ3v) is 4.74. The van der Waals surface area contributed by atoms with Gasteiger partial charge >= 0.3 is 0 Å². The molecule has 0 saturated carbocycles. The Kier molecular flexibility index (Phi) is 7.95. The van der Waals surface area contributed by atoms with Gasteiger partial charge in [-0.15, -0.1) is 0 Å². The maximum Gasteiger partial charge on any atom is 0.259 e. The van der Waals surface area contributed by atoms with E-state index >= 15 is 0 Å². The van der Waals surface area contributed by atoms with Crippen LogP contribution in [0.2, 0.25) is 0 Å². The van der Waals surface area contributed by atoms with E-state index < -0.39 is 5.91 Å². The molecular weight excluding hydrogens is 458 g/mol. The molecule has 0 atom stereocenters. The molecular formula is C24H22BrN3O3. The number of rotatable bonds is 8. The van der Waals surface area contributed by atoms with E-state index in [-0.39, 0.29) is 12.5 Å². The van der Waals surface area contributed by atoms with E-state index in [9.17, 15) is 9.59 Å². The number of benzene rings is 3. The average Bonchev–Trinajstić information content (AvgIpc) is 2.76. The molecule has 0 fully saturated rings. The van der Waals surface area contributed by atoms with Gasteiger partial charge in [-0.25, -0.2) is 5.43 Å². The van der Waals surface area contributed by atoms with Crippen molar-refractivity contribution in [1.82, 2.24) is 10.7 Å². The molecule has 6 nitrogen and oxygen atoms in total. The molecule has 0 saturated heterocycles. The zero-order valence-electron chi connectivity index (χ0n) is 17.0. The molecule has 0 aromatic heterocycles. The third kappa shape index (κ3) is 7.38. The van der Waals surface area contributed by atoms with Gasteiger partial charge in [0.15, 0.2) is 0 Å². The largest absolute Gasteiger partial charge is 0.489 e. The first kappa shape index (κ1) is 22.2. The van der Waals surface area contributed by atoms with Crippen LogP contribution in [0.5, 0.6) is 5.75 Å². The second-order valence-electron chi connectivity index (χ2n) is 6.84. The second-order valence-corrected chi connectivity index (χ2v) is 7.75. The SMILES string of the molecule is Cc1cccc(C(=O)NCC(=O)N/N=C\c2cccc(OCc3cccc(Br)c3)c2)c1. The fraction of sp³-hybridized carbons (Fsp3) is 0.125. The summed E-state index contributed by atoms with van der Waals surface area (Å²) in [5.74, 6) is -0.0295. The zero-order valence-corrected chi connectivity index (χ0v) is 18.6. The van der Waals surface area contributed by atoms with Crippen LogP contribution >= 0.6 is 15.9 Å². The van der Waals surface area contributed by atoms with E-state index in [4.69, 9.17) is 4.74 Å². The van der Waals surface area contributed by atoms with Gasteiger partial charge in [0.05, 0.1) is 12.8 Å². The van der Waals surface area contributed by atoms with Crippen LogP contribution in [0.15, 0.2) is 82.4 Å². The van der Waals surface area contributed by atoms with Crippen LogP contribution < -0.4 is 15.5 Å². The van der Waals surface area contributed by atoms with Crippen molar-refractivity contribution < 1.29 is 14.3 Å². The Morgan fingerprint density at radius 1 is 1.03 bits per heavy atom. The Morgan fingerprint density at radius 3 is 2.65 bits per heavy atom. The smallest absolute Gasteiger partial charge is 0.259 e. The van der Waals surface area contributed by atoms with Crippen molar-refractivity contribution in [2.45, 2.75) is 13.5 Å². The lowest BCUT2D eigenvalue weighted by Gasteiger charge is -2.07. The number of amides is 2. The lowest BCUT2D eigenvalue weighted by molar-refractivity contribution is -0.120. The van der Waals surface area contributed by atoms with E-state index in [1.807, 2.05) is 61.5 Å². The van der Waals surface area contributed by atoms with Crippen molar-refractivity contribution in [3.05, 3.63) is 99.5 Å². The van der Waals surface area contributed by atoms with Gasteiger partial charge in [0.2, 0.25) is 0 Å². The molecule has 0 radical (unpaired) electrons. The van der Waals surface area contributed by atoms with Crippen LogP contribution in [0, 0.1) is 6.92 Å². The van der Waals surface area contributed by atoms with Crippen molar-refractivity contribution >= 4 is 34.0 Å². The number of aryl methyl sites for hydroxylation is 1. The predicted octanol–water partition coefficient (Wildman–Crippen LogP) is 4.22. The lowest BCUT2D eigenvalue weighted by atomic mass is 10.1. The number of ether oxygens (including phenoxy) is 1. The number of hydrogen-bond donors (Lipinski definition) is 2. The fourth-order valence-corrected chi connectivity index (χ4v) is 3.19. The monoisotopic (exact) mass is 479 g/mol. The molecule has 3 aromatic carbocycles. The van der Waals surface area contributed by atoms with Crippen LogP contribution in [0.1, 0.15) is 27.0 Å². The van der Waals surface area contributed by atoms with Gasteiger partial charge in [-0.05, 0) is 54.4 Å². The first-order chi connectivity index (χ1) is 15.0. The Labute approximate surface area is 189 Å². The standard InChI is InChI=1S/C24H22BrN3O3/c1-17-5-2-8-20(11-17)24(30)26-15-23(29)28-27-14-18-6-4-10-22(13-18)31-16-19-7-3-9-21(25)12-19/h2-14H,15-16H2,1H3,(H,26,30)(H,28,29)/b27-14-.